The van der Waals surface area contributed by atoms with Crippen LogP contribution in [0.25, 0.3) is 0 Å². The highest BCUT2D eigenvalue weighted by Gasteiger charge is 2.55. The van der Waals surface area contributed by atoms with Crippen LogP contribution in [-0.2, 0) is 31.3 Å². The van der Waals surface area contributed by atoms with Gasteiger partial charge in [-0.3, -0.25) is 9.59 Å². The lowest BCUT2D eigenvalue weighted by molar-refractivity contribution is -0.157. The highest BCUT2D eigenvalue weighted by molar-refractivity contribution is 14.1. The number of aliphatic hydroxyl groups is 1. The van der Waals surface area contributed by atoms with Crippen LogP contribution in [0.1, 0.15) is 43.8 Å². The van der Waals surface area contributed by atoms with Gasteiger partial charge in [0, 0.05) is 45.3 Å². The normalized spacial score (nSPS) is 19.6. The van der Waals surface area contributed by atoms with Gasteiger partial charge in [-0.05, 0) is 58.5 Å². The summed E-state index contributed by atoms with van der Waals surface area (Å²) in [7, 11) is 0. The fourth-order valence-corrected chi connectivity index (χ4v) is 6.42. The molecule has 4 aromatic rings. The van der Waals surface area contributed by atoms with Crippen LogP contribution < -0.4 is 10.6 Å². The third kappa shape index (κ3) is 7.15. The summed E-state index contributed by atoms with van der Waals surface area (Å²) >= 11 is 2.10. The fraction of sp³-hybridized carbons (Fsp3) is 0.216. The van der Waals surface area contributed by atoms with Gasteiger partial charge >= 0.3 is 5.97 Å². The Labute approximate surface area is 286 Å². The van der Waals surface area contributed by atoms with Gasteiger partial charge in [0.2, 0.25) is 11.7 Å². The SMILES string of the molecule is O=C(NCc1cccc(C(=O)NCCO)c1)C1=CC2OC(c3ccccc3)(c3ccccc3)OC2C(OC(=O)c2ccccc2I)C1. The summed E-state index contributed by atoms with van der Waals surface area (Å²) in [5.74, 6) is -2.49. The maximum absolute atomic E-state index is 13.7. The lowest BCUT2D eigenvalue weighted by Crippen LogP contribution is -2.43. The first-order chi connectivity index (χ1) is 22.9. The highest BCUT2D eigenvalue weighted by Crippen LogP contribution is 2.47. The molecule has 0 spiro atoms. The number of aliphatic hydroxyl groups excluding tert-OH is 1. The molecule has 2 amide bonds. The predicted molar refractivity (Wildman–Crippen MR) is 182 cm³/mol. The van der Waals surface area contributed by atoms with Crippen molar-refractivity contribution in [3.8, 4) is 0 Å². The number of carbonyl (C=O) groups excluding carboxylic acids is 3. The van der Waals surface area contributed by atoms with E-state index in [4.69, 9.17) is 19.3 Å². The molecule has 0 radical (unpaired) electrons. The summed E-state index contributed by atoms with van der Waals surface area (Å²) in [5, 5.41) is 14.6. The van der Waals surface area contributed by atoms with Crippen molar-refractivity contribution in [2.24, 2.45) is 0 Å². The number of rotatable bonds is 10. The molecule has 1 aliphatic heterocycles. The first kappa shape index (κ1) is 32.6. The molecule has 3 atom stereocenters. The molecule has 1 saturated heterocycles. The number of halogens is 1. The molecule has 9 nitrogen and oxygen atoms in total. The van der Waals surface area contributed by atoms with E-state index in [2.05, 4.69) is 33.2 Å². The van der Waals surface area contributed by atoms with Gasteiger partial charge in [0.15, 0.2) is 0 Å². The zero-order valence-electron chi connectivity index (χ0n) is 25.3. The van der Waals surface area contributed by atoms with E-state index in [0.717, 1.165) is 20.3 Å². The van der Waals surface area contributed by atoms with Gasteiger partial charge in [-0.15, -0.1) is 0 Å². The molecule has 6 rings (SSSR count). The van der Waals surface area contributed by atoms with E-state index in [-0.39, 0.29) is 37.9 Å². The molecule has 3 unspecified atom stereocenters. The van der Waals surface area contributed by atoms with E-state index < -0.39 is 30.1 Å². The molecule has 240 valence electrons. The van der Waals surface area contributed by atoms with E-state index in [9.17, 15) is 14.4 Å². The molecule has 3 N–H and O–H groups in total. The first-order valence-corrected chi connectivity index (χ1v) is 16.3. The average Bonchev–Trinajstić information content (AvgIpc) is 3.52. The third-order valence-corrected chi connectivity index (χ3v) is 9.01. The Bertz CT molecular complexity index is 1740. The van der Waals surface area contributed by atoms with Crippen LogP contribution in [0, 0.1) is 3.57 Å². The Kier molecular flexibility index (Phi) is 10.1. The summed E-state index contributed by atoms with van der Waals surface area (Å²) in [6.07, 6.45) is -0.387. The summed E-state index contributed by atoms with van der Waals surface area (Å²) in [6.45, 7) is 0.145. The molecule has 4 aromatic carbocycles. The molecule has 10 heteroatoms. The van der Waals surface area contributed by atoms with Crippen LogP contribution >= 0.6 is 22.6 Å². The molecule has 0 aromatic heterocycles. The molecular formula is C37H33IN2O7. The van der Waals surface area contributed by atoms with Crippen molar-refractivity contribution >= 4 is 40.4 Å². The second-order valence-electron chi connectivity index (χ2n) is 11.2. The standard InChI is InChI=1S/C37H33IN2O7/c38-30-17-8-7-16-29(30)36(44)45-31-21-26(35(43)40-23-24-10-9-11-25(20-24)34(42)39-18-19-41)22-32-33(31)47-37(46-32,27-12-3-1-4-13-27)28-14-5-2-6-15-28/h1-17,20,22,31-33,41H,18-19,21,23H2,(H,39,42)(H,40,43). The minimum Gasteiger partial charge on any atom is -0.455 e. The van der Waals surface area contributed by atoms with Crippen LogP contribution in [0.4, 0.5) is 0 Å². The number of hydrogen-bond acceptors (Lipinski definition) is 7. The molecule has 1 heterocycles. The Balaban J connectivity index is 1.29. The summed E-state index contributed by atoms with van der Waals surface area (Å²) in [6, 6.07) is 33.2. The van der Waals surface area contributed by atoms with Crippen LogP contribution in [0.15, 0.2) is 121 Å². The van der Waals surface area contributed by atoms with Crippen molar-refractivity contribution in [1.29, 1.82) is 0 Å². The summed E-state index contributed by atoms with van der Waals surface area (Å²) < 4.78 is 20.4. The quantitative estimate of drug-likeness (QED) is 0.157. The second-order valence-corrected chi connectivity index (χ2v) is 12.4. The number of nitrogens with one attached hydrogen (secondary N) is 2. The number of esters is 1. The second kappa shape index (κ2) is 14.6. The van der Waals surface area contributed by atoms with Gasteiger partial charge in [-0.2, -0.15) is 0 Å². The van der Waals surface area contributed by atoms with Crippen molar-refractivity contribution in [3.05, 3.63) is 152 Å². The predicted octanol–water partition coefficient (Wildman–Crippen LogP) is 4.87. The van der Waals surface area contributed by atoms with Crippen molar-refractivity contribution < 1.29 is 33.7 Å². The number of hydrogen-bond donors (Lipinski definition) is 3. The topological polar surface area (TPSA) is 123 Å². The Morgan fingerprint density at radius 3 is 2.19 bits per heavy atom. The van der Waals surface area contributed by atoms with Gasteiger partial charge < -0.3 is 30.0 Å². The molecule has 0 saturated carbocycles. The maximum Gasteiger partial charge on any atom is 0.339 e. The molecule has 0 bridgehead atoms. The van der Waals surface area contributed by atoms with Crippen molar-refractivity contribution in [2.45, 2.75) is 37.1 Å². The molecule has 1 aliphatic carbocycles. The van der Waals surface area contributed by atoms with Gasteiger partial charge in [0.05, 0.1) is 12.2 Å². The zero-order valence-corrected chi connectivity index (χ0v) is 27.5. The highest BCUT2D eigenvalue weighted by atomic mass is 127. The number of ether oxygens (including phenoxy) is 3. The molecule has 1 fully saturated rings. The van der Waals surface area contributed by atoms with Crippen LogP contribution in [0.5, 0.6) is 0 Å². The molecule has 2 aliphatic rings. The van der Waals surface area contributed by atoms with Gasteiger partial charge in [-0.25, -0.2) is 4.79 Å². The smallest absolute Gasteiger partial charge is 0.339 e. The Morgan fingerprint density at radius 2 is 1.51 bits per heavy atom. The van der Waals surface area contributed by atoms with Crippen LogP contribution in [0.2, 0.25) is 0 Å². The fourth-order valence-electron chi connectivity index (χ4n) is 5.81. The molecular weight excluding hydrogens is 711 g/mol. The zero-order chi connectivity index (χ0) is 32.8. The minimum absolute atomic E-state index is 0.106. The maximum atomic E-state index is 13.7. The Morgan fingerprint density at radius 1 is 0.830 bits per heavy atom. The monoisotopic (exact) mass is 744 g/mol. The summed E-state index contributed by atoms with van der Waals surface area (Å²) in [5.41, 5.74) is 3.49. The average molecular weight is 745 g/mol. The van der Waals surface area contributed by atoms with E-state index >= 15 is 0 Å². The molecule has 47 heavy (non-hydrogen) atoms. The Hall–Kier alpha value is -4.36. The largest absolute Gasteiger partial charge is 0.455 e. The van der Waals surface area contributed by atoms with E-state index in [1.54, 1.807) is 36.4 Å². The van der Waals surface area contributed by atoms with E-state index in [1.165, 1.54) is 0 Å². The van der Waals surface area contributed by atoms with Gasteiger partial charge in [0.25, 0.3) is 5.91 Å². The first-order valence-electron chi connectivity index (χ1n) is 15.3. The van der Waals surface area contributed by atoms with E-state index in [1.807, 2.05) is 78.9 Å². The lowest BCUT2D eigenvalue weighted by Gasteiger charge is -2.31. The van der Waals surface area contributed by atoms with Gasteiger partial charge in [0.1, 0.15) is 18.3 Å². The summed E-state index contributed by atoms with van der Waals surface area (Å²) in [4.78, 5) is 39.5. The third-order valence-electron chi connectivity index (χ3n) is 8.07. The lowest BCUT2D eigenvalue weighted by atomic mass is 9.91. The number of amides is 2. The van der Waals surface area contributed by atoms with Crippen molar-refractivity contribution in [3.63, 3.8) is 0 Å². The van der Waals surface area contributed by atoms with Gasteiger partial charge in [-0.1, -0.05) is 84.9 Å². The minimum atomic E-state index is -1.30. The number of benzene rings is 4. The van der Waals surface area contributed by atoms with E-state index in [0.29, 0.717) is 16.7 Å². The van der Waals surface area contributed by atoms with Crippen molar-refractivity contribution in [1.82, 2.24) is 10.6 Å². The number of carbonyl (C=O) groups is 3. The van der Waals surface area contributed by atoms with Crippen molar-refractivity contribution in [2.75, 3.05) is 13.2 Å². The number of fused-ring (bicyclic) bond motifs is 1. The van der Waals surface area contributed by atoms with Crippen LogP contribution in [0.3, 0.4) is 0 Å². The van der Waals surface area contributed by atoms with Crippen LogP contribution in [-0.4, -0.2) is 54.4 Å².